The van der Waals surface area contributed by atoms with Crippen molar-refractivity contribution in [2.24, 2.45) is 5.92 Å². The van der Waals surface area contributed by atoms with Crippen molar-refractivity contribution < 1.29 is 4.74 Å². The van der Waals surface area contributed by atoms with Crippen LogP contribution in [0.3, 0.4) is 0 Å². The van der Waals surface area contributed by atoms with Gasteiger partial charge in [0.1, 0.15) is 11.6 Å². The zero-order valence-electron chi connectivity index (χ0n) is 9.05. The van der Waals surface area contributed by atoms with Crippen molar-refractivity contribution in [2.75, 3.05) is 12.3 Å². The summed E-state index contributed by atoms with van der Waals surface area (Å²) in [5, 5.41) is 0. The predicted molar refractivity (Wildman–Crippen MR) is 61.7 cm³/mol. The van der Waals surface area contributed by atoms with Crippen LogP contribution in [0.1, 0.15) is 18.3 Å². The van der Waals surface area contributed by atoms with Gasteiger partial charge in [0, 0.05) is 5.92 Å². The molecule has 0 bridgehead atoms. The summed E-state index contributed by atoms with van der Waals surface area (Å²) in [6, 6.07) is 0. The lowest BCUT2D eigenvalue weighted by molar-refractivity contribution is 0.103. The van der Waals surface area contributed by atoms with Crippen LogP contribution in [0, 0.1) is 18.3 Å². The third-order valence-corrected chi connectivity index (χ3v) is 2.85. The molecule has 3 N–H and O–H groups in total. The topological polar surface area (TPSA) is 89.7 Å². The van der Waals surface area contributed by atoms with Gasteiger partial charge in [-0.15, -0.1) is 12.3 Å². The number of terminal acetylenes is 1. The number of ether oxygens (including phenoxy) is 1. The van der Waals surface area contributed by atoms with Gasteiger partial charge in [0.25, 0.3) is 0 Å². The van der Waals surface area contributed by atoms with Crippen molar-refractivity contribution in [1.82, 2.24) is 19.9 Å². The number of fused-ring (bicyclic) bond motifs is 1. The molecule has 6 heteroatoms. The number of nitrogens with zero attached hydrogens (tertiary/aromatic N) is 3. The van der Waals surface area contributed by atoms with E-state index in [9.17, 15) is 0 Å². The lowest BCUT2D eigenvalue weighted by Crippen LogP contribution is -2.06. The van der Waals surface area contributed by atoms with Gasteiger partial charge >= 0.3 is 0 Å². The molecule has 3 heterocycles. The van der Waals surface area contributed by atoms with Crippen molar-refractivity contribution in [3.8, 4) is 12.3 Å². The SMILES string of the molecule is C#CC1COC(c2nc(N)c3[nH]cnc3n2)C1. The second kappa shape index (κ2) is 3.71. The van der Waals surface area contributed by atoms with Gasteiger partial charge in [-0.25, -0.2) is 15.0 Å². The van der Waals surface area contributed by atoms with E-state index in [0.717, 1.165) is 6.42 Å². The third-order valence-electron chi connectivity index (χ3n) is 2.85. The summed E-state index contributed by atoms with van der Waals surface area (Å²) < 4.78 is 5.56. The van der Waals surface area contributed by atoms with Crippen LogP contribution in [0.15, 0.2) is 6.33 Å². The fourth-order valence-electron chi connectivity index (χ4n) is 1.94. The zero-order valence-corrected chi connectivity index (χ0v) is 9.05. The number of hydrogen-bond acceptors (Lipinski definition) is 5. The monoisotopic (exact) mass is 229 g/mol. The van der Waals surface area contributed by atoms with Crippen molar-refractivity contribution >= 4 is 17.0 Å². The number of aromatic amines is 1. The molecule has 3 rings (SSSR count). The van der Waals surface area contributed by atoms with Gasteiger partial charge in [-0.2, -0.15) is 0 Å². The van der Waals surface area contributed by atoms with Gasteiger partial charge in [0.2, 0.25) is 0 Å². The standard InChI is InChI=1S/C11H11N5O/c1-2-6-3-7(17-4-6)10-15-9(12)8-11(16-10)14-5-13-8/h1,5-7H,3-4H2,(H3,12,13,14,15,16). The van der Waals surface area contributed by atoms with Crippen molar-refractivity contribution in [1.29, 1.82) is 0 Å². The Bertz CT molecular complexity index is 599. The third kappa shape index (κ3) is 1.61. The van der Waals surface area contributed by atoms with Crippen LogP contribution >= 0.6 is 0 Å². The molecular formula is C11H11N5O. The first-order valence-corrected chi connectivity index (χ1v) is 5.32. The molecule has 0 aliphatic carbocycles. The minimum absolute atomic E-state index is 0.125. The lowest BCUT2D eigenvalue weighted by Gasteiger charge is -2.07. The second-order valence-corrected chi connectivity index (χ2v) is 3.99. The number of nitrogens with two attached hydrogens (primary N) is 1. The molecule has 2 atom stereocenters. The summed E-state index contributed by atoms with van der Waals surface area (Å²) in [6.07, 6.45) is 7.45. The van der Waals surface area contributed by atoms with Crippen LogP contribution in [0.25, 0.3) is 11.2 Å². The maximum absolute atomic E-state index is 5.82. The van der Waals surface area contributed by atoms with Crippen LogP contribution in [0.2, 0.25) is 0 Å². The highest BCUT2D eigenvalue weighted by Gasteiger charge is 2.28. The number of hydrogen-bond donors (Lipinski definition) is 2. The van der Waals surface area contributed by atoms with E-state index in [1.807, 2.05) is 0 Å². The van der Waals surface area contributed by atoms with Crippen molar-refractivity contribution in [2.45, 2.75) is 12.5 Å². The number of nitrogens with one attached hydrogen (secondary N) is 1. The molecule has 1 fully saturated rings. The van der Waals surface area contributed by atoms with Crippen LogP contribution in [-0.2, 0) is 4.74 Å². The van der Waals surface area contributed by atoms with Crippen LogP contribution < -0.4 is 5.73 Å². The number of anilines is 1. The Hall–Kier alpha value is -2.13. The van der Waals surface area contributed by atoms with E-state index in [-0.39, 0.29) is 12.0 Å². The fourth-order valence-corrected chi connectivity index (χ4v) is 1.94. The largest absolute Gasteiger partial charge is 0.382 e. The summed E-state index contributed by atoms with van der Waals surface area (Å²) in [6.45, 7) is 0.545. The summed E-state index contributed by atoms with van der Waals surface area (Å²) in [5.74, 6) is 3.74. The van der Waals surface area contributed by atoms with E-state index in [0.29, 0.717) is 29.4 Å². The molecule has 0 amide bonds. The number of H-pyrrole nitrogens is 1. The number of imidazole rings is 1. The minimum Gasteiger partial charge on any atom is -0.382 e. The van der Waals surface area contributed by atoms with Gasteiger partial charge < -0.3 is 15.5 Å². The molecule has 0 saturated carbocycles. The molecule has 0 radical (unpaired) electrons. The summed E-state index contributed by atoms with van der Waals surface area (Å²) >= 11 is 0. The molecular weight excluding hydrogens is 218 g/mol. The minimum atomic E-state index is -0.181. The molecule has 0 spiro atoms. The van der Waals surface area contributed by atoms with E-state index in [2.05, 4.69) is 25.9 Å². The van der Waals surface area contributed by atoms with Crippen LogP contribution in [0.5, 0.6) is 0 Å². The summed E-state index contributed by atoms with van der Waals surface area (Å²) in [5.41, 5.74) is 7.03. The quantitative estimate of drug-likeness (QED) is 0.700. The first-order valence-electron chi connectivity index (χ1n) is 5.32. The highest BCUT2D eigenvalue weighted by atomic mass is 16.5. The molecule has 17 heavy (non-hydrogen) atoms. The van der Waals surface area contributed by atoms with E-state index < -0.39 is 0 Å². The Morgan fingerprint density at radius 1 is 1.53 bits per heavy atom. The molecule has 0 aromatic carbocycles. The molecule has 2 aromatic rings. The Balaban J connectivity index is 1.98. The molecule has 1 aliphatic rings. The summed E-state index contributed by atoms with van der Waals surface area (Å²) in [7, 11) is 0. The van der Waals surface area contributed by atoms with Crippen molar-refractivity contribution in [3.63, 3.8) is 0 Å². The van der Waals surface area contributed by atoms with Gasteiger partial charge in [-0.05, 0) is 6.42 Å². The second-order valence-electron chi connectivity index (χ2n) is 3.99. The van der Waals surface area contributed by atoms with Gasteiger partial charge in [0.05, 0.1) is 12.9 Å². The molecule has 6 nitrogen and oxygen atoms in total. The van der Waals surface area contributed by atoms with E-state index in [1.54, 1.807) is 6.33 Å². The normalized spacial score (nSPS) is 23.9. The lowest BCUT2D eigenvalue weighted by atomic mass is 10.1. The Morgan fingerprint density at radius 2 is 2.41 bits per heavy atom. The maximum Gasteiger partial charge on any atom is 0.183 e. The Labute approximate surface area is 97.6 Å². The van der Waals surface area contributed by atoms with Gasteiger partial charge in [0.15, 0.2) is 17.3 Å². The predicted octanol–water partition coefficient (Wildman–Crippen LogP) is 0.646. The van der Waals surface area contributed by atoms with Gasteiger partial charge in [-0.3, -0.25) is 0 Å². The average Bonchev–Trinajstić information content (AvgIpc) is 2.97. The van der Waals surface area contributed by atoms with Crippen molar-refractivity contribution in [3.05, 3.63) is 12.2 Å². The molecule has 86 valence electrons. The highest BCUT2D eigenvalue weighted by Crippen LogP contribution is 2.31. The van der Waals surface area contributed by atoms with E-state index in [4.69, 9.17) is 16.9 Å². The fraction of sp³-hybridized carbons (Fsp3) is 0.364. The van der Waals surface area contributed by atoms with E-state index >= 15 is 0 Å². The first kappa shape index (κ1) is 10.1. The van der Waals surface area contributed by atoms with Gasteiger partial charge in [-0.1, -0.05) is 0 Å². The average molecular weight is 229 g/mol. The number of nitrogen functional groups attached to an aromatic ring is 1. The Kier molecular flexibility index (Phi) is 2.20. The Morgan fingerprint density at radius 3 is 3.18 bits per heavy atom. The number of aromatic nitrogens is 4. The highest BCUT2D eigenvalue weighted by molar-refractivity contribution is 5.80. The molecule has 2 unspecified atom stereocenters. The molecule has 1 saturated heterocycles. The first-order chi connectivity index (χ1) is 8.28. The smallest absolute Gasteiger partial charge is 0.183 e. The molecule has 2 aromatic heterocycles. The van der Waals surface area contributed by atoms with Crippen LogP contribution in [0.4, 0.5) is 5.82 Å². The zero-order chi connectivity index (χ0) is 11.8. The van der Waals surface area contributed by atoms with E-state index in [1.165, 1.54) is 0 Å². The van der Waals surface area contributed by atoms with Crippen LogP contribution in [-0.4, -0.2) is 26.5 Å². The maximum atomic E-state index is 5.82. The summed E-state index contributed by atoms with van der Waals surface area (Å²) in [4.78, 5) is 15.5. The molecule has 1 aliphatic heterocycles. The number of rotatable bonds is 1.